The Kier molecular flexibility index (Phi) is 6.20. The van der Waals surface area contributed by atoms with E-state index in [1.165, 1.54) is 0 Å². The lowest BCUT2D eigenvalue weighted by Crippen LogP contribution is -2.36. The molecule has 2 N–H and O–H groups in total. The van der Waals surface area contributed by atoms with Crippen LogP contribution in [0.5, 0.6) is 0 Å². The van der Waals surface area contributed by atoms with E-state index in [0.717, 1.165) is 17.8 Å². The van der Waals surface area contributed by atoms with Crippen molar-refractivity contribution in [1.29, 1.82) is 0 Å². The molecule has 1 heterocycles. The van der Waals surface area contributed by atoms with E-state index in [1.807, 2.05) is 38.6 Å². The number of rotatable bonds is 6. The van der Waals surface area contributed by atoms with E-state index in [1.54, 1.807) is 0 Å². The van der Waals surface area contributed by atoms with Gasteiger partial charge in [0.1, 0.15) is 5.60 Å². The molecule has 6 heteroatoms. The van der Waals surface area contributed by atoms with Crippen LogP contribution in [0.15, 0.2) is 6.07 Å². The smallest absolute Gasteiger partial charge is 0.407 e. The number of ether oxygens (including phenoxy) is 1. The number of hydrogen-bond acceptors (Lipinski definition) is 4. The zero-order valence-corrected chi connectivity index (χ0v) is 13.6. The van der Waals surface area contributed by atoms with Crippen LogP contribution in [0.4, 0.5) is 4.79 Å². The van der Waals surface area contributed by atoms with Crippen molar-refractivity contribution in [3.8, 4) is 0 Å². The summed E-state index contributed by atoms with van der Waals surface area (Å²) in [5.41, 5.74) is 1.57. The molecule has 0 aliphatic rings. The number of alkyl carbamates (subject to hydrolysis) is 1. The van der Waals surface area contributed by atoms with Crippen LogP contribution in [0, 0.1) is 5.92 Å². The molecule has 1 unspecified atom stereocenters. The fourth-order valence-corrected chi connectivity index (χ4v) is 1.97. The Morgan fingerprint density at radius 2 is 2.19 bits per heavy atom. The number of aliphatic hydroxyl groups excluding tert-OH is 1. The van der Waals surface area contributed by atoms with E-state index in [-0.39, 0.29) is 12.5 Å². The van der Waals surface area contributed by atoms with Gasteiger partial charge in [-0.05, 0) is 39.7 Å². The second-order valence-corrected chi connectivity index (χ2v) is 6.24. The Morgan fingerprint density at radius 1 is 1.52 bits per heavy atom. The number of nitrogens with zero attached hydrogens (tertiary/aromatic N) is 2. The lowest BCUT2D eigenvalue weighted by atomic mass is 10.0. The third kappa shape index (κ3) is 6.16. The molecule has 0 fully saturated rings. The molecule has 1 aromatic heterocycles. The van der Waals surface area contributed by atoms with E-state index in [2.05, 4.69) is 17.3 Å². The van der Waals surface area contributed by atoms with Crippen molar-refractivity contribution in [2.45, 2.75) is 46.1 Å². The van der Waals surface area contributed by atoms with Gasteiger partial charge in [0, 0.05) is 31.8 Å². The molecule has 21 heavy (non-hydrogen) atoms. The summed E-state index contributed by atoms with van der Waals surface area (Å²) in [5.74, 6) is -0.0578. The van der Waals surface area contributed by atoms with Crippen molar-refractivity contribution in [1.82, 2.24) is 15.1 Å². The highest BCUT2D eigenvalue weighted by molar-refractivity contribution is 5.67. The Labute approximate surface area is 126 Å². The fraction of sp³-hybridized carbons (Fsp3) is 0.733. The third-order valence-corrected chi connectivity index (χ3v) is 3.08. The van der Waals surface area contributed by atoms with E-state index >= 15 is 0 Å². The van der Waals surface area contributed by atoms with Gasteiger partial charge in [0.2, 0.25) is 0 Å². The average Bonchev–Trinajstić information content (AvgIpc) is 2.73. The highest BCUT2D eigenvalue weighted by Crippen LogP contribution is 2.11. The number of hydrogen-bond donors (Lipinski definition) is 2. The minimum absolute atomic E-state index is 0.00242. The first-order valence-electron chi connectivity index (χ1n) is 7.34. The Hall–Kier alpha value is -1.56. The number of aryl methyl sites for hydroxylation is 2. The van der Waals surface area contributed by atoms with Crippen molar-refractivity contribution < 1.29 is 14.6 Å². The van der Waals surface area contributed by atoms with E-state index < -0.39 is 11.7 Å². The van der Waals surface area contributed by atoms with Crippen LogP contribution in [-0.2, 0) is 24.6 Å². The van der Waals surface area contributed by atoms with Gasteiger partial charge >= 0.3 is 6.09 Å². The first kappa shape index (κ1) is 17.5. The minimum atomic E-state index is -0.517. The van der Waals surface area contributed by atoms with Gasteiger partial charge in [-0.3, -0.25) is 4.68 Å². The van der Waals surface area contributed by atoms with Gasteiger partial charge in [-0.25, -0.2) is 4.79 Å². The molecule has 0 saturated heterocycles. The van der Waals surface area contributed by atoms with Crippen LogP contribution < -0.4 is 5.32 Å². The molecule has 1 aromatic rings. The summed E-state index contributed by atoms with van der Waals surface area (Å²) in [6, 6.07) is 2.04. The number of amides is 1. The topological polar surface area (TPSA) is 76.4 Å². The van der Waals surface area contributed by atoms with Crippen LogP contribution in [0.1, 0.15) is 39.1 Å². The summed E-state index contributed by atoms with van der Waals surface area (Å²) in [7, 11) is 1.89. The van der Waals surface area contributed by atoms with Gasteiger partial charge in [0.25, 0.3) is 0 Å². The van der Waals surface area contributed by atoms with Gasteiger partial charge < -0.3 is 15.2 Å². The van der Waals surface area contributed by atoms with Crippen molar-refractivity contribution in [3.05, 3.63) is 17.5 Å². The summed E-state index contributed by atoms with van der Waals surface area (Å²) in [6.07, 6.45) is 1.09. The van der Waals surface area contributed by atoms with E-state index in [4.69, 9.17) is 4.74 Å². The van der Waals surface area contributed by atoms with Crippen molar-refractivity contribution in [2.24, 2.45) is 13.0 Å². The molecule has 1 rings (SSSR count). The maximum absolute atomic E-state index is 11.6. The van der Waals surface area contributed by atoms with Gasteiger partial charge in [0.05, 0.1) is 5.69 Å². The van der Waals surface area contributed by atoms with Gasteiger partial charge in [-0.15, -0.1) is 0 Å². The van der Waals surface area contributed by atoms with Crippen LogP contribution in [0.2, 0.25) is 0 Å². The number of nitrogens with one attached hydrogen (secondary N) is 1. The second kappa shape index (κ2) is 7.45. The Bertz CT molecular complexity index is 463. The lowest BCUT2D eigenvalue weighted by molar-refractivity contribution is 0.0512. The monoisotopic (exact) mass is 297 g/mol. The molecular formula is C15H27N3O3. The van der Waals surface area contributed by atoms with Crippen LogP contribution in [0.25, 0.3) is 0 Å². The van der Waals surface area contributed by atoms with Crippen molar-refractivity contribution in [2.75, 3.05) is 13.2 Å². The zero-order chi connectivity index (χ0) is 16.0. The molecule has 0 aliphatic carbocycles. The van der Waals surface area contributed by atoms with Crippen molar-refractivity contribution >= 4 is 6.09 Å². The standard InChI is InChI=1S/C15H27N3O3/c1-6-12-8-13(18(5)17-12)7-11(10-19)9-16-14(20)21-15(2,3)4/h8,11,19H,6-7,9-10H2,1-5H3,(H,16,20). The zero-order valence-electron chi connectivity index (χ0n) is 13.6. The van der Waals surface area contributed by atoms with Crippen LogP contribution >= 0.6 is 0 Å². The highest BCUT2D eigenvalue weighted by Gasteiger charge is 2.18. The summed E-state index contributed by atoms with van der Waals surface area (Å²) in [5, 5.41) is 16.5. The second-order valence-electron chi connectivity index (χ2n) is 6.24. The molecule has 0 radical (unpaired) electrons. The molecule has 0 saturated carbocycles. The summed E-state index contributed by atoms with van der Waals surface area (Å²) in [6.45, 7) is 7.88. The van der Waals surface area contributed by atoms with Gasteiger partial charge in [0.15, 0.2) is 0 Å². The molecule has 0 aromatic carbocycles. The number of carbonyl (C=O) groups excluding carboxylic acids is 1. The summed E-state index contributed by atoms with van der Waals surface area (Å²) >= 11 is 0. The molecule has 1 atom stereocenters. The predicted molar refractivity (Wildman–Crippen MR) is 81.1 cm³/mol. The summed E-state index contributed by atoms with van der Waals surface area (Å²) < 4.78 is 7.01. The SMILES string of the molecule is CCc1cc(CC(CO)CNC(=O)OC(C)(C)C)n(C)n1. The fourth-order valence-electron chi connectivity index (χ4n) is 1.97. The molecule has 0 bridgehead atoms. The normalized spacial score (nSPS) is 13.0. The molecular weight excluding hydrogens is 270 g/mol. The average molecular weight is 297 g/mol. The van der Waals surface area contributed by atoms with E-state index in [0.29, 0.717) is 13.0 Å². The first-order chi connectivity index (χ1) is 9.75. The van der Waals surface area contributed by atoms with Crippen molar-refractivity contribution in [3.63, 3.8) is 0 Å². The number of aliphatic hydroxyl groups is 1. The van der Waals surface area contributed by atoms with E-state index in [9.17, 15) is 9.90 Å². The van der Waals surface area contributed by atoms with Gasteiger partial charge in [-0.1, -0.05) is 6.92 Å². The quantitative estimate of drug-likeness (QED) is 0.837. The third-order valence-electron chi connectivity index (χ3n) is 3.08. The summed E-state index contributed by atoms with van der Waals surface area (Å²) in [4.78, 5) is 11.6. The van der Waals surface area contributed by atoms with Crippen LogP contribution in [0.3, 0.4) is 0 Å². The maximum Gasteiger partial charge on any atom is 0.407 e. The van der Waals surface area contributed by atoms with Gasteiger partial charge in [-0.2, -0.15) is 5.10 Å². The van der Waals surface area contributed by atoms with Crippen LogP contribution in [-0.4, -0.2) is 39.7 Å². The largest absolute Gasteiger partial charge is 0.444 e. The molecule has 120 valence electrons. The maximum atomic E-state index is 11.6. The number of carbonyl (C=O) groups is 1. The lowest BCUT2D eigenvalue weighted by Gasteiger charge is -2.21. The molecule has 1 amide bonds. The molecule has 6 nitrogen and oxygen atoms in total. The highest BCUT2D eigenvalue weighted by atomic mass is 16.6. The first-order valence-corrected chi connectivity index (χ1v) is 7.34. The molecule has 0 aliphatic heterocycles. The predicted octanol–water partition coefficient (Wildman–Crippen LogP) is 1.66. The number of aromatic nitrogens is 2. The minimum Gasteiger partial charge on any atom is -0.444 e. The Balaban J connectivity index is 2.51. The Morgan fingerprint density at radius 3 is 2.67 bits per heavy atom. The molecule has 0 spiro atoms.